The molecular formula is C21H26N2O4S. The average Bonchev–Trinajstić information content (AvgIpc) is 3.31. The molecule has 1 aliphatic rings. The summed E-state index contributed by atoms with van der Waals surface area (Å²) in [5.41, 5.74) is 0.975. The van der Waals surface area contributed by atoms with E-state index in [0.717, 1.165) is 54.4 Å². The molecule has 4 rings (SSSR count). The third-order valence-electron chi connectivity index (χ3n) is 5.31. The lowest BCUT2D eigenvalue weighted by Crippen LogP contribution is -2.30. The van der Waals surface area contributed by atoms with Crippen LogP contribution < -0.4 is 5.56 Å². The summed E-state index contributed by atoms with van der Waals surface area (Å²) in [6.45, 7) is 3.63. The van der Waals surface area contributed by atoms with Crippen molar-refractivity contribution in [2.24, 2.45) is 0 Å². The highest BCUT2D eigenvalue weighted by atomic mass is 32.1. The summed E-state index contributed by atoms with van der Waals surface area (Å²) < 4.78 is 13.5. The first-order valence-electron chi connectivity index (χ1n) is 9.90. The number of thiophene rings is 1. The Kier molecular flexibility index (Phi) is 5.66. The van der Waals surface area contributed by atoms with Gasteiger partial charge < -0.3 is 14.6 Å². The standard InChI is InChI=1S/C21H26N2O4S/c1-3-4-6-13-9-15-18-20(28-19(15)16(24)10-13)22-17(12-26-2)23(21(18)25)11-14-7-5-8-27-14/h9-10,14,24H,3-8,11-12H2,1-2H3. The van der Waals surface area contributed by atoms with Crippen LogP contribution in [0.2, 0.25) is 0 Å². The Morgan fingerprint density at radius 1 is 1.43 bits per heavy atom. The third kappa shape index (κ3) is 3.54. The molecule has 6 nitrogen and oxygen atoms in total. The van der Waals surface area contributed by atoms with Crippen molar-refractivity contribution in [1.82, 2.24) is 9.55 Å². The lowest BCUT2D eigenvalue weighted by Gasteiger charge is -2.15. The topological polar surface area (TPSA) is 73.6 Å². The van der Waals surface area contributed by atoms with Crippen molar-refractivity contribution in [1.29, 1.82) is 0 Å². The fourth-order valence-electron chi connectivity index (χ4n) is 3.89. The van der Waals surface area contributed by atoms with Gasteiger partial charge in [0.25, 0.3) is 5.56 Å². The molecule has 28 heavy (non-hydrogen) atoms. The molecule has 0 saturated carbocycles. The monoisotopic (exact) mass is 402 g/mol. The van der Waals surface area contributed by atoms with Crippen LogP contribution in [0, 0.1) is 0 Å². The molecule has 7 heteroatoms. The lowest BCUT2D eigenvalue weighted by molar-refractivity contribution is 0.0922. The smallest absolute Gasteiger partial charge is 0.263 e. The largest absolute Gasteiger partial charge is 0.506 e. The number of phenolic OH excluding ortho intramolecular Hbond substituents is 1. The van der Waals surface area contributed by atoms with Crippen LogP contribution in [0.25, 0.3) is 20.3 Å². The highest BCUT2D eigenvalue weighted by Crippen LogP contribution is 2.38. The molecule has 1 atom stereocenters. The molecule has 3 aromatic rings. The van der Waals surface area contributed by atoms with E-state index in [1.807, 2.05) is 12.1 Å². The molecule has 1 aromatic carbocycles. The van der Waals surface area contributed by atoms with E-state index >= 15 is 0 Å². The van der Waals surface area contributed by atoms with Crippen LogP contribution in [-0.4, -0.2) is 34.5 Å². The quantitative estimate of drug-likeness (QED) is 0.647. The molecule has 1 aliphatic heterocycles. The predicted octanol–water partition coefficient (Wildman–Crippen LogP) is 3.98. The van der Waals surface area contributed by atoms with E-state index < -0.39 is 0 Å². The van der Waals surface area contributed by atoms with Gasteiger partial charge in [-0.1, -0.05) is 13.3 Å². The number of aryl methyl sites for hydroxylation is 1. The van der Waals surface area contributed by atoms with Gasteiger partial charge in [0.1, 0.15) is 23.0 Å². The second-order valence-corrected chi connectivity index (χ2v) is 8.39. The number of hydrogen-bond acceptors (Lipinski definition) is 6. The number of hydrogen-bond donors (Lipinski definition) is 1. The Bertz CT molecular complexity index is 1050. The van der Waals surface area contributed by atoms with E-state index in [9.17, 15) is 9.90 Å². The van der Waals surface area contributed by atoms with E-state index in [0.29, 0.717) is 22.6 Å². The van der Waals surface area contributed by atoms with E-state index in [-0.39, 0.29) is 24.0 Å². The number of rotatable bonds is 7. The van der Waals surface area contributed by atoms with E-state index in [2.05, 4.69) is 6.92 Å². The highest BCUT2D eigenvalue weighted by molar-refractivity contribution is 7.25. The molecule has 1 fully saturated rings. The molecular weight excluding hydrogens is 376 g/mol. The zero-order valence-corrected chi connectivity index (χ0v) is 17.2. The van der Waals surface area contributed by atoms with Gasteiger partial charge in [0.05, 0.1) is 22.7 Å². The van der Waals surface area contributed by atoms with Crippen LogP contribution in [0.15, 0.2) is 16.9 Å². The van der Waals surface area contributed by atoms with Crippen molar-refractivity contribution in [3.63, 3.8) is 0 Å². The van der Waals surface area contributed by atoms with E-state index in [4.69, 9.17) is 14.5 Å². The number of fused-ring (bicyclic) bond motifs is 3. The number of methoxy groups -OCH3 is 1. The molecule has 0 amide bonds. The molecule has 1 N–H and O–H groups in total. The molecule has 0 spiro atoms. The van der Waals surface area contributed by atoms with E-state index in [1.165, 1.54) is 11.3 Å². The number of aromatic hydroxyl groups is 1. The molecule has 1 saturated heterocycles. The number of aromatic nitrogens is 2. The number of phenols is 1. The predicted molar refractivity (Wildman–Crippen MR) is 111 cm³/mol. The fourth-order valence-corrected chi connectivity index (χ4v) is 4.97. The Morgan fingerprint density at radius 2 is 2.29 bits per heavy atom. The first kappa shape index (κ1) is 19.4. The number of benzene rings is 1. The van der Waals surface area contributed by atoms with Gasteiger partial charge in [-0.2, -0.15) is 0 Å². The minimum atomic E-state index is -0.0779. The summed E-state index contributed by atoms with van der Waals surface area (Å²) in [7, 11) is 1.60. The van der Waals surface area contributed by atoms with Crippen molar-refractivity contribution < 1.29 is 14.6 Å². The SMILES string of the molecule is CCCCc1cc(O)c2sc3nc(COC)n(CC4CCCO4)c(=O)c3c2c1. The molecule has 2 aromatic heterocycles. The third-order valence-corrected chi connectivity index (χ3v) is 6.44. The van der Waals surface area contributed by atoms with Gasteiger partial charge in [0.15, 0.2) is 0 Å². The Balaban J connectivity index is 1.90. The molecule has 3 heterocycles. The van der Waals surface area contributed by atoms with Gasteiger partial charge in [0.2, 0.25) is 0 Å². The minimum absolute atomic E-state index is 0.0333. The molecule has 0 radical (unpaired) electrons. The first-order valence-corrected chi connectivity index (χ1v) is 10.7. The summed E-state index contributed by atoms with van der Waals surface area (Å²) in [6, 6.07) is 3.85. The van der Waals surface area contributed by atoms with Crippen LogP contribution in [-0.2, 0) is 29.0 Å². The van der Waals surface area contributed by atoms with Gasteiger partial charge >= 0.3 is 0 Å². The Labute approximate surface area is 167 Å². The van der Waals surface area contributed by atoms with Crippen molar-refractivity contribution in [2.45, 2.75) is 58.3 Å². The summed E-state index contributed by atoms with van der Waals surface area (Å²) in [5.74, 6) is 0.831. The van der Waals surface area contributed by atoms with Gasteiger partial charge in [-0.05, 0) is 43.4 Å². The molecule has 1 unspecified atom stereocenters. The van der Waals surface area contributed by atoms with E-state index in [1.54, 1.807) is 11.7 Å². The number of nitrogens with zero attached hydrogens (tertiary/aromatic N) is 2. The Hall–Kier alpha value is -1.96. The zero-order valence-electron chi connectivity index (χ0n) is 16.4. The molecule has 0 aliphatic carbocycles. The van der Waals surface area contributed by atoms with Crippen LogP contribution >= 0.6 is 11.3 Å². The minimum Gasteiger partial charge on any atom is -0.506 e. The second-order valence-electron chi connectivity index (χ2n) is 7.39. The maximum absolute atomic E-state index is 13.5. The van der Waals surface area contributed by atoms with Gasteiger partial charge in [-0.15, -0.1) is 11.3 Å². The van der Waals surface area contributed by atoms with Gasteiger partial charge in [-0.25, -0.2) is 4.98 Å². The summed E-state index contributed by atoms with van der Waals surface area (Å²) in [4.78, 5) is 18.8. The summed E-state index contributed by atoms with van der Waals surface area (Å²) in [5, 5.41) is 11.9. The zero-order chi connectivity index (χ0) is 19.7. The molecule has 150 valence electrons. The number of unbranched alkanes of at least 4 members (excludes halogenated alkanes) is 1. The van der Waals surface area contributed by atoms with Gasteiger partial charge in [-0.3, -0.25) is 9.36 Å². The summed E-state index contributed by atoms with van der Waals surface area (Å²) >= 11 is 1.37. The maximum atomic E-state index is 13.5. The first-order chi connectivity index (χ1) is 13.6. The van der Waals surface area contributed by atoms with Crippen LogP contribution in [0.4, 0.5) is 0 Å². The summed E-state index contributed by atoms with van der Waals surface area (Å²) in [6.07, 6.45) is 5.02. The Morgan fingerprint density at radius 3 is 3.00 bits per heavy atom. The van der Waals surface area contributed by atoms with Crippen molar-refractivity contribution in [3.8, 4) is 5.75 Å². The normalized spacial score (nSPS) is 17.1. The van der Waals surface area contributed by atoms with Crippen molar-refractivity contribution >= 4 is 31.6 Å². The number of ether oxygens (including phenoxy) is 2. The van der Waals surface area contributed by atoms with Crippen LogP contribution in [0.3, 0.4) is 0 Å². The highest BCUT2D eigenvalue weighted by Gasteiger charge is 2.22. The fraction of sp³-hybridized carbons (Fsp3) is 0.524. The second kappa shape index (κ2) is 8.19. The average molecular weight is 403 g/mol. The molecule has 0 bridgehead atoms. The van der Waals surface area contributed by atoms with Crippen LogP contribution in [0.5, 0.6) is 5.75 Å². The van der Waals surface area contributed by atoms with Crippen molar-refractivity contribution in [3.05, 3.63) is 33.9 Å². The van der Waals surface area contributed by atoms with Crippen LogP contribution in [0.1, 0.15) is 44.0 Å². The van der Waals surface area contributed by atoms with Gasteiger partial charge in [0, 0.05) is 19.1 Å². The lowest BCUT2D eigenvalue weighted by atomic mass is 10.0. The maximum Gasteiger partial charge on any atom is 0.263 e. The van der Waals surface area contributed by atoms with Crippen molar-refractivity contribution in [2.75, 3.05) is 13.7 Å².